The molecular weight excluding hydrogens is 326 g/mol. The van der Waals surface area contributed by atoms with E-state index in [1.807, 2.05) is 18.2 Å². The van der Waals surface area contributed by atoms with Crippen molar-refractivity contribution >= 4 is 34.5 Å². The minimum absolute atomic E-state index is 0.000995. The largest absolute Gasteiger partial charge is 0.284 e. The number of thioether (sulfide) groups is 1. The van der Waals surface area contributed by atoms with Gasteiger partial charge in [-0.25, -0.2) is 4.98 Å². The summed E-state index contributed by atoms with van der Waals surface area (Å²) in [4.78, 5) is 42.0. The second-order valence-electron chi connectivity index (χ2n) is 6.11. The summed E-state index contributed by atoms with van der Waals surface area (Å²) >= 11 is 1.44. The molecule has 1 aliphatic heterocycles. The Labute approximate surface area is 142 Å². The third-order valence-corrected chi connectivity index (χ3v) is 5.32. The molecule has 7 heteroatoms. The number of rotatable bonds is 5. The van der Waals surface area contributed by atoms with Crippen LogP contribution in [-0.2, 0) is 9.59 Å². The average Bonchev–Trinajstić information content (AvgIpc) is 3.36. The number of amides is 2. The maximum atomic E-state index is 12.7. The fraction of sp³-hybridized carbons (Fsp3) is 0.412. The zero-order valence-corrected chi connectivity index (χ0v) is 13.9. The summed E-state index contributed by atoms with van der Waals surface area (Å²) in [5, 5.41) is 1.32. The van der Waals surface area contributed by atoms with Crippen LogP contribution in [0.2, 0.25) is 0 Å². The molecule has 1 aliphatic carbocycles. The van der Waals surface area contributed by atoms with Gasteiger partial charge in [-0.3, -0.25) is 23.9 Å². The van der Waals surface area contributed by atoms with Gasteiger partial charge in [0, 0.05) is 31.2 Å². The highest BCUT2D eigenvalue weighted by molar-refractivity contribution is 7.99. The predicted molar refractivity (Wildman–Crippen MR) is 91.0 cm³/mol. The van der Waals surface area contributed by atoms with Crippen LogP contribution in [0, 0.1) is 0 Å². The molecule has 6 nitrogen and oxygen atoms in total. The van der Waals surface area contributed by atoms with E-state index in [4.69, 9.17) is 0 Å². The van der Waals surface area contributed by atoms with Crippen LogP contribution in [0.1, 0.15) is 31.7 Å². The molecule has 2 fully saturated rings. The van der Waals surface area contributed by atoms with Gasteiger partial charge in [-0.15, -0.1) is 0 Å². The fourth-order valence-electron chi connectivity index (χ4n) is 2.98. The first-order valence-electron chi connectivity index (χ1n) is 8.12. The van der Waals surface area contributed by atoms with E-state index in [0.717, 1.165) is 12.8 Å². The summed E-state index contributed by atoms with van der Waals surface area (Å²) in [5.74, 6) is 0.341. The van der Waals surface area contributed by atoms with Crippen molar-refractivity contribution in [2.45, 2.75) is 36.9 Å². The van der Waals surface area contributed by atoms with E-state index in [-0.39, 0.29) is 23.4 Å². The van der Waals surface area contributed by atoms with Gasteiger partial charge in [0.15, 0.2) is 5.16 Å². The molecule has 0 unspecified atom stereocenters. The molecule has 0 bridgehead atoms. The van der Waals surface area contributed by atoms with Gasteiger partial charge in [-0.05, 0) is 25.0 Å². The minimum atomic E-state index is -0.105. The number of aromatic nitrogens is 2. The summed E-state index contributed by atoms with van der Waals surface area (Å²) in [5.41, 5.74) is 0.689. The normalized spacial score (nSPS) is 17.9. The maximum absolute atomic E-state index is 12.7. The third kappa shape index (κ3) is 2.73. The number of hydrogen-bond acceptors (Lipinski definition) is 5. The van der Waals surface area contributed by atoms with E-state index in [1.54, 1.807) is 10.6 Å². The Kier molecular flexibility index (Phi) is 3.88. The first-order chi connectivity index (χ1) is 11.6. The van der Waals surface area contributed by atoms with E-state index >= 15 is 0 Å². The van der Waals surface area contributed by atoms with Crippen LogP contribution in [0.4, 0.5) is 0 Å². The van der Waals surface area contributed by atoms with Gasteiger partial charge in [-0.1, -0.05) is 23.9 Å². The Morgan fingerprint density at radius 2 is 1.79 bits per heavy atom. The lowest BCUT2D eigenvalue weighted by Crippen LogP contribution is -2.31. The second kappa shape index (κ2) is 6.05. The van der Waals surface area contributed by atoms with E-state index < -0.39 is 0 Å². The lowest BCUT2D eigenvalue weighted by Gasteiger charge is -2.15. The molecule has 1 saturated carbocycles. The molecule has 0 N–H and O–H groups in total. The summed E-state index contributed by atoms with van der Waals surface area (Å²) in [6.45, 7) is 0.371. The zero-order chi connectivity index (χ0) is 16.7. The molecule has 24 heavy (non-hydrogen) atoms. The number of hydrogen-bond donors (Lipinski definition) is 0. The van der Waals surface area contributed by atoms with Crippen LogP contribution in [0.3, 0.4) is 0 Å². The van der Waals surface area contributed by atoms with Crippen molar-refractivity contribution in [3.63, 3.8) is 0 Å². The number of imide groups is 1. The lowest BCUT2D eigenvalue weighted by molar-refractivity contribution is -0.137. The van der Waals surface area contributed by atoms with Gasteiger partial charge >= 0.3 is 0 Å². The Hall–Kier alpha value is -2.15. The molecule has 4 rings (SSSR count). The number of nitrogens with zero attached hydrogens (tertiary/aromatic N) is 3. The first kappa shape index (κ1) is 15.4. The predicted octanol–water partition coefficient (Wildman–Crippen LogP) is 1.97. The Morgan fingerprint density at radius 3 is 2.50 bits per heavy atom. The average molecular weight is 343 g/mol. The smallest absolute Gasteiger partial charge is 0.262 e. The Morgan fingerprint density at radius 1 is 1.08 bits per heavy atom. The van der Waals surface area contributed by atoms with Gasteiger partial charge in [0.05, 0.1) is 10.9 Å². The maximum Gasteiger partial charge on any atom is 0.262 e. The topological polar surface area (TPSA) is 72.3 Å². The fourth-order valence-corrected chi connectivity index (χ4v) is 3.97. The Balaban J connectivity index is 1.59. The zero-order valence-electron chi connectivity index (χ0n) is 13.1. The van der Waals surface area contributed by atoms with Gasteiger partial charge in [-0.2, -0.15) is 0 Å². The summed E-state index contributed by atoms with van der Waals surface area (Å²) in [7, 11) is 0. The van der Waals surface area contributed by atoms with Crippen molar-refractivity contribution in [3.05, 3.63) is 34.6 Å². The number of fused-ring (bicyclic) bond motifs is 1. The van der Waals surface area contributed by atoms with Crippen molar-refractivity contribution in [2.24, 2.45) is 0 Å². The molecule has 2 amide bonds. The number of carbonyl (C=O) groups is 2. The van der Waals surface area contributed by atoms with Crippen LogP contribution < -0.4 is 5.56 Å². The monoisotopic (exact) mass is 343 g/mol. The van der Waals surface area contributed by atoms with E-state index in [9.17, 15) is 14.4 Å². The van der Waals surface area contributed by atoms with Crippen LogP contribution in [0.25, 0.3) is 10.9 Å². The molecule has 1 aromatic heterocycles. The van der Waals surface area contributed by atoms with Crippen LogP contribution >= 0.6 is 11.8 Å². The number of benzene rings is 1. The highest BCUT2D eigenvalue weighted by Crippen LogP contribution is 2.36. The molecule has 2 aliphatic rings. The van der Waals surface area contributed by atoms with Crippen molar-refractivity contribution in [1.29, 1.82) is 0 Å². The van der Waals surface area contributed by atoms with Crippen molar-refractivity contribution < 1.29 is 9.59 Å². The summed E-state index contributed by atoms with van der Waals surface area (Å²) in [6, 6.07) is 7.59. The molecule has 0 atom stereocenters. The first-order valence-corrected chi connectivity index (χ1v) is 9.11. The molecule has 0 spiro atoms. The number of carbonyl (C=O) groups excluding carboxylic acids is 2. The molecule has 1 aromatic carbocycles. The van der Waals surface area contributed by atoms with Gasteiger partial charge < -0.3 is 0 Å². The summed E-state index contributed by atoms with van der Waals surface area (Å²) < 4.78 is 1.78. The van der Waals surface area contributed by atoms with Crippen LogP contribution in [0.5, 0.6) is 0 Å². The SMILES string of the molecule is O=C1CCC(=O)N1CCSc1nc2ccccc2c(=O)n1C1CC1. The standard InChI is InChI=1S/C17H17N3O3S/c21-14-7-8-15(22)19(14)9-10-24-17-18-13-4-2-1-3-12(13)16(23)20(17)11-5-6-11/h1-4,11H,5-10H2. The molecule has 2 aromatic rings. The quantitative estimate of drug-likeness (QED) is 0.471. The summed E-state index contributed by atoms with van der Waals surface area (Å²) in [6.07, 6.45) is 2.61. The van der Waals surface area contributed by atoms with Crippen molar-refractivity contribution in [3.8, 4) is 0 Å². The molecule has 0 radical (unpaired) electrons. The van der Waals surface area contributed by atoms with Crippen LogP contribution in [0.15, 0.2) is 34.2 Å². The van der Waals surface area contributed by atoms with Gasteiger partial charge in [0.25, 0.3) is 5.56 Å². The second-order valence-corrected chi connectivity index (χ2v) is 7.17. The van der Waals surface area contributed by atoms with Crippen molar-refractivity contribution in [1.82, 2.24) is 14.5 Å². The highest BCUT2D eigenvalue weighted by atomic mass is 32.2. The van der Waals surface area contributed by atoms with Crippen molar-refractivity contribution in [2.75, 3.05) is 12.3 Å². The molecule has 2 heterocycles. The molecule has 1 saturated heterocycles. The third-order valence-electron chi connectivity index (χ3n) is 4.39. The van der Waals surface area contributed by atoms with Gasteiger partial charge in [0.2, 0.25) is 11.8 Å². The minimum Gasteiger partial charge on any atom is -0.284 e. The van der Waals surface area contributed by atoms with E-state index in [0.29, 0.717) is 41.2 Å². The Bertz CT molecular complexity index is 872. The van der Waals surface area contributed by atoms with Crippen LogP contribution in [-0.4, -0.2) is 38.6 Å². The number of para-hydroxylation sites is 1. The lowest BCUT2D eigenvalue weighted by atomic mass is 10.2. The molecular formula is C17H17N3O3S. The van der Waals surface area contributed by atoms with E-state index in [2.05, 4.69) is 4.98 Å². The van der Waals surface area contributed by atoms with Gasteiger partial charge in [0.1, 0.15) is 0 Å². The van der Waals surface area contributed by atoms with E-state index in [1.165, 1.54) is 16.7 Å². The highest BCUT2D eigenvalue weighted by Gasteiger charge is 2.30. The number of likely N-dealkylation sites (tertiary alicyclic amines) is 1. The molecule has 124 valence electrons.